The van der Waals surface area contributed by atoms with Gasteiger partial charge in [0.05, 0.1) is 6.61 Å². The maximum atomic E-state index is 12.7. The number of rotatable bonds is 6. The van der Waals surface area contributed by atoms with Gasteiger partial charge in [0.2, 0.25) is 5.91 Å². The maximum Gasteiger partial charge on any atom is 0.246 e. The lowest BCUT2D eigenvalue weighted by Crippen LogP contribution is -2.40. The van der Waals surface area contributed by atoms with Gasteiger partial charge in [0.15, 0.2) is 0 Å². The van der Waals surface area contributed by atoms with Crippen molar-refractivity contribution in [3.8, 4) is 11.5 Å². The average Bonchev–Trinajstić information content (AvgIpc) is 3.17. The molecule has 0 saturated carbocycles. The predicted molar refractivity (Wildman–Crippen MR) is 104 cm³/mol. The smallest absolute Gasteiger partial charge is 0.246 e. The van der Waals surface area contributed by atoms with Crippen molar-refractivity contribution in [1.82, 2.24) is 9.80 Å². The summed E-state index contributed by atoms with van der Waals surface area (Å²) in [6.07, 6.45) is 6.79. The summed E-state index contributed by atoms with van der Waals surface area (Å²) >= 11 is 0. The van der Waals surface area contributed by atoms with E-state index in [1.54, 1.807) is 6.08 Å². The minimum atomic E-state index is 0.0755. The van der Waals surface area contributed by atoms with Gasteiger partial charge in [0.25, 0.3) is 0 Å². The number of likely N-dealkylation sites (tertiary alicyclic amines) is 1. The van der Waals surface area contributed by atoms with Crippen molar-refractivity contribution in [2.75, 3.05) is 33.8 Å². The molecule has 2 aliphatic rings. The molecule has 26 heavy (non-hydrogen) atoms. The molecule has 0 spiro atoms. The Morgan fingerprint density at radius 2 is 2.23 bits per heavy atom. The van der Waals surface area contributed by atoms with Crippen molar-refractivity contribution in [2.24, 2.45) is 0 Å². The summed E-state index contributed by atoms with van der Waals surface area (Å²) in [7, 11) is 4.10. The van der Waals surface area contributed by atoms with E-state index in [4.69, 9.17) is 9.47 Å². The van der Waals surface area contributed by atoms with Crippen molar-refractivity contribution >= 4 is 12.0 Å². The van der Waals surface area contributed by atoms with E-state index in [1.165, 1.54) is 5.56 Å². The Labute approximate surface area is 156 Å². The van der Waals surface area contributed by atoms with E-state index < -0.39 is 0 Å². The van der Waals surface area contributed by atoms with Crippen LogP contribution in [0.5, 0.6) is 11.5 Å². The average molecular weight is 358 g/mol. The zero-order chi connectivity index (χ0) is 18.7. The number of nitrogens with zero attached hydrogens (tertiary/aromatic N) is 2. The van der Waals surface area contributed by atoms with Crippen LogP contribution in [-0.4, -0.2) is 61.6 Å². The summed E-state index contributed by atoms with van der Waals surface area (Å²) in [5.41, 5.74) is 2.08. The second kappa shape index (κ2) is 8.12. The first-order valence-corrected chi connectivity index (χ1v) is 9.57. The Morgan fingerprint density at radius 3 is 2.96 bits per heavy atom. The zero-order valence-electron chi connectivity index (χ0n) is 16.3. The van der Waals surface area contributed by atoms with Crippen LogP contribution in [0, 0.1) is 0 Å². The van der Waals surface area contributed by atoms with Crippen LogP contribution >= 0.6 is 0 Å². The number of benzene rings is 1. The maximum absolute atomic E-state index is 12.7. The molecule has 0 unspecified atom stereocenters. The number of hydrogen-bond acceptors (Lipinski definition) is 4. The fraction of sp³-hybridized carbons (Fsp3) is 0.571. The summed E-state index contributed by atoms with van der Waals surface area (Å²) in [6, 6.07) is 4.35. The molecule has 5 heteroatoms. The Hall–Kier alpha value is -2.01. The lowest BCUT2D eigenvalue weighted by atomic mass is 10.1. The molecule has 142 valence electrons. The van der Waals surface area contributed by atoms with Gasteiger partial charge >= 0.3 is 0 Å². The van der Waals surface area contributed by atoms with Crippen molar-refractivity contribution in [3.63, 3.8) is 0 Å². The Morgan fingerprint density at radius 1 is 1.42 bits per heavy atom. The lowest BCUT2D eigenvalue weighted by Gasteiger charge is -2.26. The molecule has 0 N–H and O–H groups in total. The highest BCUT2D eigenvalue weighted by Gasteiger charge is 2.28. The number of hydrogen-bond donors (Lipinski definition) is 0. The van der Waals surface area contributed by atoms with Crippen LogP contribution in [0.2, 0.25) is 0 Å². The van der Waals surface area contributed by atoms with E-state index >= 15 is 0 Å². The first kappa shape index (κ1) is 18.8. The molecule has 1 aromatic carbocycles. The number of fused-ring (bicyclic) bond motifs is 1. The van der Waals surface area contributed by atoms with Crippen LogP contribution in [0.25, 0.3) is 6.08 Å². The van der Waals surface area contributed by atoms with Gasteiger partial charge in [-0.1, -0.05) is 0 Å². The lowest BCUT2D eigenvalue weighted by molar-refractivity contribution is -0.126. The first-order chi connectivity index (χ1) is 12.5. The van der Waals surface area contributed by atoms with Gasteiger partial charge in [-0.2, -0.15) is 0 Å². The summed E-state index contributed by atoms with van der Waals surface area (Å²) in [4.78, 5) is 16.8. The molecule has 1 aromatic rings. The highest BCUT2D eigenvalue weighted by molar-refractivity contribution is 5.92. The molecule has 0 aliphatic carbocycles. The minimum Gasteiger partial charge on any atom is -0.493 e. The van der Waals surface area contributed by atoms with Crippen molar-refractivity contribution in [3.05, 3.63) is 29.3 Å². The molecule has 5 nitrogen and oxygen atoms in total. The van der Waals surface area contributed by atoms with Gasteiger partial charge in [0, 0.05) is 42.8 Å². The Balaban J connectivity index is 1.77. The SMILES string of the molecule is CCOc1cc2c(cc1/C=C/C(=O)N1CCC[C@@H]1CN(C)C)O[C@@H](C)C2. The minimum absolute atomic E-state index is 0.0755. The standard InChI is InChI=1S/C21H30N2O3/c1-5-25-19-13-17-11-15(2)26-20(17)12-16(19)8-9-21(24)23-10-6-7-18(23)14-22(3)4/h8-9,12-13,15,18H,5-7,10-11,14H2,1-4H3/b9-8+/t15-,18+/m0/s1. The second-order valence-corrected chi connectivity index (χ2v) is 7.49. The summed E-state index contributed by atoms with van der Waals surface area (Å²) < 4.78 is 11.6. The molecule has 1 amide bonds. The van der Waals surface area contributed by atoms with Gasteiger partial charge in [-0.05, 0) is 59.0 Å². The molecular formula is C21H30N2O3. The van der Waals surface area contributed by atoms with Crippen LogP contribution in [0.15, 0.2) is 18.2 Å². The highest BCUT2D eigenvalue weighted by Crippen LogP contribution is 2.35. The number of carbonyl (C=O) groups excluding carboxylic acids is 1. The topological polar surface area (TPSA) is 42.0 Å². The molecule has 1 fully saturated rings. The quantitative estimate of drug-likeness (QED) is 0.733. The summed E-state index contributed by atoms with van der Waals surface area (Å²) in [6.45, 7) is 6.39. The van der Waals surface area contributed by atoms with E-state index in [0.717, 1.165) is 49.4 Å². The molecule has 0 bridgehead atoms. The first-order valence-electron chi connectivity index (χ1n) is 9.57. The Kier molecular flexibility index (Phi) is 5.87. The normalized spacial score (nSPS) is 22.1. The molecule has 1 saturated heterocycles. The fourth-order valence-corrected chi connectivity index (χ4v) is 3.86. The molecule has 2 atom stereocenters. The monoisotopic (exact) mass is 358 g/mol. The molecule has 2 aliphatic heterocycles. The number of amides is 1. The molecule has 0 radical (unpaired) electrons. The third-order valence-electron chi connectivity index (χ3n) is 4.97. The van der Waals surface area contributed by atoms with Gasteiger partial charge in [-0.3, -0.25) is 4.79 Å². The third-order valence-corrected chi connectivity index (χ3v) is 4.97. The van der Waals surface area contributed by atoms with Crippen molar-refractivity contribution < 1.29 is 14.3 Å². The number of likely N-dealkylation sites (N-methyl/N-ethyl adjacent to an activating group) is 1. The summed E-state index contributed by atoms with van der Waals surface area (Å²) in [5.74, 6) is 1.80. The number of ether oxygens (including phenoxy) is 2. The van der Waals surface area contributed by atoms with Crippen LogP contribution in [-0.2, 0) is 11.2 Å². The third kappa shape index (κ3) is 4.21. The van der Waals surface area contributed by atoms with Crippen LogP contribution in [0.1, 0.15) is 37.8 Å². The van der Waals surface area contributed by atoms with Gasteiger partial charge in [-0.25, -0.2) is 0 Å². The molecule has 0 aromatic heterocycles. The van der Waals surface area contributed by atoms with Crippen LogP contribution < -0.4 is 9.47 Å². The van der Waals surface area contributed by atoms with E-state index in [0.29, 0.717) is 12.6 Å². The molecule has 3 rings (SSSR count). The highest BCUT2D eigenvalue weighted by atomic mass is 16.5. The van der Waals surface area contributed by atoms with Gasteiger partial charge < -0.3 is 19.3 Å². The van der Waals surface area contributed by atoms with E-state index in [2.05, 4.69) is 32.0 Å². The number of carbonyl (C=O) groups is 1. The largest absolute Gasteiger partial charge is 0.493 e. The predicted octanol–water partition coefficient (Wildman–Crippen LogP) is 2.97. The van der Waals surface area contributed by atoms with E-state index in [9.17, 15) is 4.79 Å². The molecular weight excluding hydrogens is 328 g/mol. The fourth-order valence-electron chi connectivity index (χ4n) is 3.86. The van der Waals surface area contributed by atoms with Gasteiger partial charge in [-0.15, -0.1) is 0 Å². The van der Waals surface area contributed by atoms with E-state index in [-0.39, 0.29) is 12.0 Å². The Bertz CT molecular complexity index is 684. The zero-order valence-corrected chi connectivity index (χ0v) is 16.3. The van der Waals surface area contributed by atoms with Crippen molar-refractivity contribution in [1.29, 1.82) is 0 Å². The second-order valence-electron chi connectivity index (χ2n) is 7.49. The van der Waals surface area contributed by atoms with Crippen LogP contribution in [0.3, 0.4) is 0 Å². The van der Waals surface area contributed by atoms with Gasteiger partial charge in [0.1, 0.15) is 17.6 Å². The van der Waals surface area contributed by atoms with Crippen molar-refractivity contribution in [2.45, 2.75) is 45.3 Å². The molecule has 2 heterocycles. The van der Waals surface area contributed by atoms with E-state index in [1.807, 2.05) is 24.0 Å². The summed E-state index contributed by atoms with van der Waals surface area (Å²) in [5, 5.41) is 0. The van der Waals surface area contributed by atoms with Crippen LogP contribution in [0.4, 0.5) is 0 Å².